The zero-order valence-electron chi connectivity index (χ0n) is 22.5. The summed E-state index contributed by atoms with van der Waals surface area (Å²) in [7, 11) is 0. The van der Waals surface area contributed by atoms with Crippen molar-refractivity contribution < 1.29 is 18.4 Å². The number of carbonyl (C=O) groups excluding carboxylic acids is 2. The number of carbonyl (C=O) groups is 2. The summed E-state index contributed by atoms with van der Waals surface area (Å²) in [5.74, 6) is -1.99. The predicted molar refractivity (Wildman–Crippen MR) is 144 cm³/mol. The largest absolute Gasteiger partial charge is 0.349 e. The van der Waals surface area contributed by atoms with Gasteiger partial charge >= 0.3 is 0 Å². The van der Waals surface area contributed by atoms with Gasteiger partial charge in [0.2, 0.25) is 11.8 Å². The Hall–Kier alpha value is -2.80. The fourth-order valence-corrected chi connectivity index (χ4v) is 6.66. The molecule has 0 spiro atoms. The van der Waals surface area contributed by atoms with Gasteiger partial charge in [-0.2, -0.15) is 0 Å². The number of alkyl halides is 2. The molecule has 2 amide bonds. The van der Waals surface area contributed by atoms with Crippen LogP contribution in [0.1, 0.15) is 65.2 Å². The van der Waals surface area contributed by atoms with Crippen molar-refractivity contribution in [2.75, 3.05) is 32.7 Å². The van der Waals surface area contributed by atoms with E-state index >= 15 is 0 Å². The standard InChI is InChI=1S/C31H39F2N3O2/c1-21-7-6-8-22(2)28(21)30(38)36-19-25-17-35(18-26(25)20-36)16-13-27(23-9-4-3-5-10-23)34-29(37)24-11-14-31(32,33)15-12-24/h3-10,24-27H,11-20H2,1-2H3,(H,34,37)/t25?,26?,27-/m0/s1. The molecule has 2 heterocycles. The van der Waals surface area contributed by atoms with E-state index in [4.69, 9.17) is 0 Å². The van der Waals surface area contributed by atoms with Crippen LogP contribution in [-0.2, 0) is 4.79 Å². The average molecular weight is 524 g/mol. The van der Waals surface area contributed by atoms with Gasteiger partial charge in [0.1, 0.15) is 0 Å². The number of nitrogens with zero attached hydrogens (tertiary/aromatic N) is 2. The second-order valence-electron chi connectivity index (χ2n) is 11.6. The maximum atomic E-state index is 13.6. The number of benzene rings is 2. The molecule has 0 radical (unpaired) electrons. The van der Waals surface area contributed by atoms with Crippen molar-refractivity contribution >= 4 is 11.8 Å². The van der Waals surface area contributed by atoms with Crippen molar-refractivity contribution in [2.24, 2.45) is 17.8 Å². The van der Waals surface area contributed by atoms with Crippen LogP contribution in [0, 0.1) is 31.6 Å². The van der Waals surface area contributed by atoms with E-state index in [9.17, 15) is 18.4 Å². The van der Waals surface area contributed by atoms with E-state index in [1.54, 1.807) is 0 Å². The summed E-state index contributed by atoms with van der Waals surface area (Å²) >= 11 is 0. The third-order valence-electron chi connectivity index (χ3n) is 8.88. The van der Waals surface area contributed by atoms with Crippen molar-refractivity contribution in [3.63, 3.8) is 0 Å². The number of aryl methyl sites for hydroxylation is 2. The quantitative estimate of drug-likeness (QED) is 0.530. The Balaban J connectivity index is 1.16. The minimum absolute atomic E-state index is 0.103. The lowest BCUT2D eigenvalue weighted by atomic mass is 9.86. The number of fused-ring (bicyclic) bond motifs is 1. The first-order valence-electron chi connectivity index (χ1n) is 14.0. The smallest absolute Gasteiger partial charge is 0.254 e. The molecule has 0 aromatic heterocycles. The molecule has 1 aliphatic carbocycles. The highest BCUT2D eigenvalue weighted by Crippen LogP contribution is 2.37. The second kappa shape index (κ2) is 11.1. The fourth-order valence-electron chi connectivity index (χ4n) is 6.66. The highest BCUT2D eigenvalue weighted by Gasteiger charge is 2.42. The Morgan fingerprint density at radius 2 is 1.53 bits per heavy atom. The highest BCUT2D eigenvalue weighted by molar-refractivity contribution is 5.97. The first-order chi connectivity index (χ1) is 18.2. The SMILES string of the molecule is Cc1cccc(C)c1C(=O)N1CC2CN(CC[C@H](NC(=O)C3CCC(F)(F)CC3)c3ccccc3)CC2C1. The molecule has 3 fully saturated rings. The Morgan fingerprint density at radius 1 is 0.921 bits per heavy atom. The summed E-state index contributed by atoms with van der Waals surface area (Å²) in [5, 5.41) is 3.19. The van der Waals surface area contributed by atoms with E-state index in [-0.39, 0.29) is 49.5 Å². The summed E-state index contributed by atoms with van der Waals surface area (Å²) in [6.45, 7) is 8.34. The molecule has 1 N–H and O–H groups in total. The maximum absolute atomic E-state index is 13.6. The van der Waals surface area contributed by atoms with Crippen molar-refractivity contribution in [1.29, 1.82) is 0 Å². The lowest BCUT2D eigenvalue weighted by Crippen LogP contribution is -2.39. The minimum atomic E-state index is -2.64. The third kappa shape index (κ3) is 5.93. The van der Waals surface area contributed by atoms with Gasteiger partial charge in [0.15, 0.2) is 0 Å². The summed E-state index contributed by atoms with van der Waals surface area (Å²) in [4.78, 5) is 30.8. The Morgan fingerprint density at radius 3 is 2.13 bits per heavy atom. The van der Waals surface area contributed by atoms with E-state index in [2.05, 4.69) is 10.2 Å². The monoisotopic (exact) mass is 523 g/mol. The molecular weight excluding hydrogens is 484 g/mol. The number of hydrogen-bond donors (Lipinski definition) is 1. The average Bonchev–Trinajstić information content (AvgIpc) is 3.46. The number of likely N-dealkylation sites (tertiary alicyclic amines) is 2. The minimum Gasteiger partial charge on any atom is -0.349 e. The molecule has 3 aliphatic rings. The van der Waals surface area contributed by atoms with E-state index in [0.717, 1.165) is 61.4 Å². The van der Waals surface area contributed by atoms with Crippen LogP contribution in [0.3, 0.4) is 0 Å². The molecule has 2 aliphatic heterocycles. The Kier molecular flexibility index (Phi) is 7.85. The summed E-state index contributed by atoms with van der Waals surface area (Å²) in [5.41, 5.74) is 3.95. The third-order valence-corrected chi connectivity index (χ3v) is 8.88. The van der Waals surface area contributed by atoms with Gasteiger partial charge in [-0.1, -0.05) is 48.5 Å². The normalized spacial score (nSPS) is 24.3. The number of hydrogen-bond acceptors (Lipinski definition) is 3. The van der Waals surface area contributed by atoms with Crippen LogP contribution < -0.4 is 5.32 Å². The molecular formula is C31H39F2N3O2. The first kappa shape index (κ1) is 26.8. The van der Waals surface area contributed by atoms with Crippen LogP contribution in [0.5, 0.6) is 0 Å². The molecule has 3 atom stereocenters. The summed E-state index contributed by atoms with van der Waals surface area (Å²) < 4.78 is 27.2. The fraction of sp³-hybridized carbons (Fsp3) is 0.548. The second-order valence-corrected chi connectivity index (χ2v) is 11.6. The molecule has 204 valence electrons. The van der Waals surface area contributed by atoms with Gasteiger partial charge in [0.05, 0.1) is 6.04 Å². The van der Waals surface area contributed by atoms with Gasteiger partial charge in [0.25, 0.3) is 5.91 Å². The van der Waals surface area contributed by atoms with Crippen LogP contribution in [0.25, 0.3) is 0 Å². The lowest BCUT2D eigenvalue weighted by Gasteiger charge is -2.30. The molecule has 2 aromatic carbocycles. The number of rotatable bonds is 7. The molecule has 38 heavy (non-hydrogen) atoms. The van der Waals surface area contributed by atoms with Crippen LogP contribution >= 0.6 is 0 Å². The van der Waals surface area contributed by atoms with Crippen LogP contribution in [0.15, 0.2) is 48.5 Å². The van der Waals surface area contributed by atoms with Crippen molar-refractivity contribution in [2.45, 2.75) is 57.9 Å². The van der Waals surface area contributed by atoms with Crippen LogP contribution in [0.4, 0.5) is 8.78 Å². The molecule has 7 heteroatoms. The number of amides is 2. The van der Waals surface area contributed by atoms with Crippen molar-refractivity contribution in [1.82, 2.24) is 15.1 Å². The lowest BCUT2D eigenvalue weighted by molar-refractivity contribution is -0.130. The molecule has 2 saturated heterocycles. The van der Waals surface area contributed by atoms with E-state index in [0.29, 0.717) is 11.8 Å². The zero-order chi connectivity index (χ0) is 26.9. The van der Waals surface area contributed by atoms with Gasteiger partial charge < -0.3 is 15.1 Å². The number of nitrogens with one attached hydrogen (secondary N) is 1. The van der Waals surface area contributed by atoms with E-state index in [1.165, 1.54) is 0 Å². The Bertz CT molecular complexity index is 1110. The topological polar surface area (TPSA) is 52.7 Å². The maximum Gasteiger partial charge on any atom is 0.254 e. The van der Waals surface area contributed by atoms with Gasteiger partial charge in [-0.15, -0.1) is 0 Å². The van der Waals surface area contributed by atoms with Crippen LogP contribution in [0.2, 0.25) is 0 Å². The van der Waals surface area contributed by atoms with Crippen molar-refractivity contribution in [3.8, 4) is 0 Å². The van der Waals surface area contributed by atoms with Gasteiger partial charge in [-0.25, -0.2) is 8.78 Å². The molecule has 5 rings (SSSR count). The highest BCUT2D eigenvalue weighted by atomic mass is 19.3. The zero-order valence-corrected chi connectivity index (χ0v) is 22.5. The molecule has 5 nitrogen and oxygen atoms in total. The summed E-state index contributed by atoms with van der Waals surface area (Å²) in [6, 6.07) is 15.8. The van der Waals surface area contributed by atoms with Crippen molar-refractivity contribution in [3.05, 3.63) is 70.8 Å². The molecule has 2 aromatic rings. The summed E-state index contributed by atoms with van der Waals surface area (Å²) in [6.07, 6.45) is 0.838. The van der Waals surface area contributed by atoms with Gasteiger partial charge in [-0.3, -0.25) is 9.59 Å². The van der Waals surface area contributed by atoms with Crippen LogP contribution in [-0.4, -0.2) is 60.3 Å². The number of halogens is 2. The van der Waals surface area contributed by atoms with Gasteiger partial charge in [-0.05, 0) is 61.6 Å². The Labute approximate surface area is 224 Å². The molecule has 1 saturated carbocycles. The molecule has 2 unspecified atom stereocenters. The van der Waals surface area contributed by atoms with Gasteiger partial charge in [0, 0.05) is 57.0 Å². The molecule has 0 bridgehead atoms. The predicted octanol–water partition coefficient (Wildman–Crippen LogP) is 5.38. The first-order valence-corrected chi connectivity index (χ1v) is 14.0. The van der Waals surface area contributed by atoms with E-state index in [1.807, 2.05) is 67.3 Å². The van der Waals surface area contributed by atoms with E-state index < -0.39 is 5.92 Å².